The molecule has 0 N–H and O–H groups in total. The number of hydrogen-bond donors (Lipinski definition) is 0. The number of aryl methyl sites for hydroxylation is 1. The van der Waals surface area contributed by atoms with Crippen LogP contribution in [0.3, 0.4) is 0 Å². The molecule has 2 aromatic rings. The molecule has 0 aliphatic carbocycles. The van der Waals surface area contributed by atoms with E-state index in [1.807, 2.05) is 39.8 Å². The molecule has 2 saturated heterocycles. The van der Waals surface area contributed by atoms with Crippen molar-refractivity contribution in [3.8, 4) is 0 Å². The van der Waals surface area contributed by atoms with Gasteiger partial charge in [-0.3, -0.25) is 9.69 Å². The molecule has 2 fully saturated rings. The SMILES string of the molecule is Cc1ccc(C(c2ccc(F)cc2)N2CCC3(CN(C(=O)OC(C)(C)C)CCC3=O)C2)cc1. The number of Topliss-reactive ketones (excluding diaryl/α,β-unsaturated/α-hetero) is 1. The molecular weight excluding hydrogens is 419 g/mol. The van der Waals surface area contributed by atoms with E-state index < -0.39 is 11.0 Å². The van der Waals surface area contributed by atoms with Crippen LogP contribution in [-0.2, 0) is 9.53 Å². The molecule has 6 heteroatoms. The van der Waals surface area contributed by atoms with Crippen molar-refractivity contribution in [2.45, 2.75) is 52.2 Å². The highest BCUT2D eigenvalue weighted by atomic mass is 19.1. The van der Waals surface area contributed by atoms with E-state index in [9.17, 15) is 14.0 Å². The smallest absolute Gasteiger partial charge is 0.410 e. The average molecular weight is 453 g/mol. The van der Waals surface area contributed by atoms with Crippen LogP contribution in [0.4, 0.5) is 9.18 Å². The van der Waals surface area contributed by atoms with Crippen LogP contribution >= 0.6 is 0 Å². The highest BCUT2D eigenvalue weighted by Gasteiger charge is 2.50. The highest BCUT2D eigenvalue weighted by molar-refractivity contribution is 5.88. The fraction of sp³-hybridized carbons (Fsp3) is 0.481. The Balaban J connectivity index is 1.60. The van der Waals surface area contributed by atoms with E-state index in [0.717, 1.165) is 17.7 Å². The highest BCUT2D eigenvalue weighted by Crippen LogP contribution is 2.42. The predicted molar refractivity (Wildman–Crippen MR) is 125 cm³/mol. The number of piperidine rings is 1. The second kappa shape index (κ2) is 8.90. The molecule has 2 aliphatic rings. The molecule has 0 saturated carbocycles. The second-order valence-electron chi connectivity index (χ2n) is 10.4. The van der Waals surface area contributed by atoms with Gasteiger partial charge >= 0.3 is 6.09 Å². The van der Waals surface area contributed by atoms with Crippen molar-refractivity contribution in [3.63, 3.8) is 0 Å². The molecule has 2 heterocycles. The third-order valence-corrected chi connectivity index (χ3v) is 6.67. The number of ketones is 1. The Morgan fingerprint density at radius 2 is 1.61 bits per heavy atom. The number of amides is 1. The third kappa shape index (κ3) is 5.11. The van der Waals surface area contributed by atoms with Gasteiger partial charge in [-0.1, -0.05) is 42.0 Å². The Morgan fingerprint density at radius 1 is 1.00 bits per heavy atom. The van der Waals surface area contributed by atoms with Gasteiger partial charge in [0.1, 0.15) is 17.2 Å². The molecule has 2 aliphatic heterocycles. The van der Waals surface area contributed by atoms with Crippen LogP contribution < -0.4 is 0 Å². The van der Waals surface area contributed by atoms with E-state index in [2.05, 4.69) is 29.2 Å². The summed E-state index contributed by atoms with van der Waals surface area (Å²) in [5, 5.41) is 0. The van der Waals surface area contributed by atoms with Crippen LogP contribution in [0, 0.1) is 18.2 Å². The molecule has 0 bridgehead atoms. The lowest BCUT2D eigenvalue weighted by molar-refractivity contribution is -0.132. The van der Waals surface area contributed by atoms with E-state index in [-0.39, 0.29) is 23.7 Å². The summed E-state index contributed by atoms with van der Waals surface area (Å²) in [4.78, 5) is 29.9. The topological polar surface area (TPSA) is 49.9 Å². The van der Waals surface area contributed by atoms with Crippen molar-refractivity contribution in [1.82, 2.24) is 9.80 Å². The summed E-state index contributed by atoms with van der Waals surface area (Å²) in [6, 6.07) is 14.9. The van der Waals surface area contributed by atoms with E-state index in [1.54, 1.807) is 4.90 Å². The number of hydrogen-bond acceptors (Lipinski definition) is 4. The summed E-state index contributed by atoms with van der Waals surface area (Å²) in [6.07, 6.45) is 0.675. The normalized spacial score (nSPS) is 22.6. The fourth-order valence-corrected chi connectivity index (χ4v) is 5.01. The molecule has 2 aromatic carbocycles. The first kappa shape index (κ1) is 23.4. The summed E-state index contributed by atoms with van der Waals surface area (Å²) in [5.41, 5.74) is 2.09. The summed E-state index contributed by atoms with van der Waals surface area (Å²) in [6.45, 7) is 9.65. The molecule has 2 atom stereocenters. The van der Waals surface area contributed by atoms with Crippen molar-refractivity contribution in [3.05, 3.63) is 71.0 Å². The monoisotopic (exact) mass is 452 g/mol. The first-order valence-corrected chi connectivity index (χ1v) is 11.6. The van der Waals surface area contributed by atoms with Gasteiger partial charge in [-0.25, -0.2) is 9.18 Å². The number of nitrogens with zero attached hydrogens (tertiary/aromatic N) is 2. The maximum absolute atomic E-state index is 13.6. The number of carbonyl (C=O) groups is 2. The Hall–Kier alpha value is -2.73. The quantitative estimate of drug-likeness (QED) is 0.648. The van der Waals surface area contributed by atoms with Crippen molar-refractivity contribution in [2.75, 3.05) is 26.2 Å². The maximum atomic E-state index is 13.6. The Bertz CT molecular complexity index is 968. The Morgan fingerprint density at radius 3 is 2.21 bits per heavy atom. The zero-order valence-corrected chi connectivity index (χ0v) is 19.9. The molecule has 5 nitrogen and oxygen atoms in total. The van der Waals surface area contributed by atoms with Crippen LogP contribution in [0.2, 0.25) is 0 Å². The van der Waals surface area contributed by atoms with Gasteiger partial charge in [0.2, 0.25) is 0 Å². The summed E-state index contributed by atoms with van der Waals surface area (Å²) >= 11 is 0. The summed E-state index contributed by atoms with van der Waals surface area (Å²) < 4.78 is 19.2. The minimum absolute atomic E-state index is 0.0877. The lowest BCUT2D eigenvalue weighted by Crippen LogP contribution is -2.53. The van der Waals surface area contributed by atoms with Gasteiger partial charge in [0.15, 0.2) is 0 Å². The van der Waals surface area contributed by atoms with Crippen LogP contribution in [0.15, 0.2) is 48.5 Å². The standard InChI is InChI=1S/C27H33FN2O3/c1-19-5-7-20(8-6-19)24(21-9-11-22(28)12-10-21)29-16-14-27(17-29)18-30(15-13-23(27)31)25(32)33-26(2,3)4/h5-12,24H,13-18H2,1-4H3. The molecule has 33 heavy (non-hydrogen) atoms. The zero-order chi connectivity index (χ0) is 23.8. The van der Waals surface area contributed by atoms with Crippen molar-refractivity contribution >= 4 is 11.9 Å². The molecule has 176 valence electrons. The minimum atomic E-state index is -0.599. The molecule has 0 radical (unpaired) electrons. The van der Waals surface area contributed by atoms with Gasteiger partial charge in [-0.15, -0.1) is 0 Å². The van der Waals surface area contributed by atoms with Gasteiger partial charge in [-0.05, 0) is 57.4 Å². The molecule has 0 aromatic heterocycles. The Kier molecular flexibility index (Phi) is 6.32. The second-order valence-corrected chi connectivity index (χ2v) is 10.4. The fourth-order valence-electron chi connectivity index (χ4n) is 5.01. The molecule has 1 spiro atoms. The lowest BCUT2D eigenvalue weighted by Gasteiger charge is -2.40. The van der Waals surface area contributed by atoms with Crippen LogP contribution in [0.5, 0.6) is 0 Å². The number of halogens is 1. The van der Waals surface area contributed by atoms with Gasteiger partial charge in [0, 0.05) is 32.6 Å². The number of rotatable bonds is 3. The number of ether oxygens (including phenoxy) is 1. The summed E-state index contributed by atoms with van der Waals surface area (Å²) in [7, 11) is 0. The minimum Gasteiger partial charge on any atom is -0.444 e. The summed E-state index contributed by atoms with van der Waals surface area (Å²) in [5.74, 6) is -0.0543. The zero-order valence-electron chi connectivity index (χ0n) is 19.9. The number of likely N-dealkylation sites (tertiary alicyclic amines) is 2. The van der Waals surface area contributed by atoms with Gasteiger partial charge in [0.25, 0.3) is 0 Å². The van der Waals surface area contributed by atoms with Crippen LogP contribution in [-0.4, -0.2) is 53.5 Å². The first-order valence-electron chi connectivity index (χ1n) is 11.6. The first-order chi connectivity index (χ1) is 15.6. The number of carbonyl (C=O) groups excluding carboxylic acids is 2. The van der Waals surface area contributed by atoms with E-state index in [1.165, 1.54) is 17.7 Å². The van der Waals surface area contributed by atoms with Crippen LogP contribution in [0.1, 0.15) is 56.3 Å². The molecule has 2 unspecified atom stereocenters. The van der Waals surface area contributed by atoms with Crippen LogP contribution in [0.25, 0.3) is 0 Å². The van der Waals surface area contributed by atoms with Gasteiger partial charge in [0.05, 0.1) is 11.5 Å². The van der Waals surface area contributed by atoms with Crippen molar-refractivity contribution in [1.29, 1.82) is 0 Å². The average Bonchev–Trinajstić information content (AvgIpc) is 3.16. The van der Waals surface area contributed by atoms with Crippen molar-refractivity contribution in [2.24, 2.45) is 5.41 Å². The van der Waals surface area contributed by atoms with Crippen molar-refractivity contribution < 1.29 is 18.7 Å². The number of benzene rings is 2. The molecule has 1 amide bonds. The van der Waals surface area contributed by atoms with E-state index >= 15 is 0 Å². The third-order valence-electron chi connectivity index (χ3n) is 6.67. The van der Waals surface area contributed by atoms with E-state index in [0.29, 0.717) is 32.5 Å². The van der Waals surface area contributed by atoms with Gasteiger partial charge < -0.3 is 9.64 Å². The lowest BCUT2D eigenvalue weighted by atomic mass is 9.78. The maximum Gasteiger partial charge on any atom is 0.410 e. The molecule has 4 rings (SSSR count). The Labute approximate surface area is 195 Å². The largest absolute Gasteiger partial charge is 0.444 e. The molecular formula is C27H33FN2O3. The van der Waals surface area contributed by atoms with E-state index in [4.69, 9.17) is 4.74 Å². The predicted octanol–water partition coefficient (Wildman–Crippen LogP) is 5.13. The van der Waals surface area contributed by atoms with Gasteiger partial charge in [-0.2, -0.15) is 0 Å².